The highest BCUT2D eigenvalue weighted by atomic mass is 79.9. The van der Waals surface area contributed by atoms with Crippen molar-refractivity contribution in [1.82, 2.24) is 5.32 Å². The molecule has 0 aromatic carbocycles. The number of rotatable bonds is 4. The van der Waals surface area contributed by atoms with Gasteiger partial charge in [0.05, 0.1) is 0 Å². The molecule has 0 radical (unpaired) electrons. The van der Waals surface area contributed by atoms with E-state index in [1.165, 1.54) is 44.9 Å². The van der Waals surface area contributed by atoms with Crippen LogP contribution in [0.5, 0.6) is 0 Å². The van der Waals surface area contributed by atoms with Gasteiger partial charge in [-0.1, -0.05) is 48.0 Å². The molecule has 2 rings (SSSR count). The van der Waals surface area contributed by atoms with Crippen LogP contribution in [-0.4, -0.2) is 17.8 Å². The Balaban J connectivity index is 1.80. The average molecular weight is 302 g/mol. The lowest BCUT2D eigenvalue weighted by Crippen LogP contribution is -2.41. The predicted molar refractivity (Wildman–Crippen MR) is 74.3 cm³/mol. The molecule has 1 amide bonds. The van der Waals surface area contributed by atoms with Gasteiger partial charge >= 0.3 is 0 Å². The number of amides is 1. The molecule has 2 fully saturated rings. The third-order valence-electron chi connectivity index (χ3n) is 4.56. The Hall–Kier alpha value is -0.0500. The zero-order chi connectivity index (χ0) is 12.1. The first-order valence-electron chi connectivity index (χ1n) is 7.09. The van der Waals surface area contributed by atoms with E-state index >= 15 is 0 Å². The molecule has 3 heteroatoms. The molecule has 17 heavy (non-hydrogen) atoms. The van der Waals surface area contributed by atoms with Crippen molar-refractivity contribution < 1.29 is 4.79 Å². The van der Waals surface area contributed by atoms with Crippen molar-refractivity contribution in [1.29, 1.82) is 0 Å². The highest BCUT2D eigenvalue weighted by Gasteiger charge is 2.32. The summed E-state index contributed by atoms with van der Waals surface area (Å²) in [5.41, 5.74) is 0.340. The van der Waals surface area contributed by atoms with Crippen LogP contribution in [-0.2, 0) is 4.79 Å². The second-order valence-electron chi connectivity index (χ2n) is 5.89. The van der Waals surface area contributed by atoms with Gasteiger partial charge in [-0.15, -0.1) is 0 Å². The van der Waals surface area contributed by atoms with E-state index in [1.807, 2.05) is 0 Å². The molecule has 0 unspecified atom stereocenters. The fraction of sp³-hybridized carbons (Fsp3) is 0.929. The fourth-order valence-corrected chi connectivity index (χ4v) is 4.03. The molecule has 0 aliphatic heterocycles. The van der Waals surface area contributed by atoms with Gasteiger partial charge in [0.15, 0.2) is 0 Å². The Labute approximate surface area is 113 Å². The molecule has 0 atom stereocenters. The molecule has 98 valence electrons. The van der Waals surface area contributed by atoms with Crippen LogP contribution in [0.25, 0.3) is 0 Å². The molecule has 2 nitrogen and oxygen atoms in total. The minimum atomic E-state index is 0.311. The molecule has 0 aromatic heterocycles. The van der Waals surface area contributed by atoms with Crippen LogP contribution in [0.15, 0.2) is 0 Å². The Bertz CT molecular complexity index is 255. The second kappa shape index (κ2) is 6.21. The summed E-state index contributed by atoms with van der Waals surface area (Å²) in [6.07, 6.45) is 11.2. The van der Waals surface area contributed by atoms with Crippen LogP contribution in [0.4, 0.5) is 0 Å². The topological polar surface area (TPSA) is 29.1 Å². The second-order valence-corrected chi connectivity index (χ2v) is 6.45. The maximum absolute atomic E-state index is 12.0. The first-order valence-corrected chi connectivity index (χ1v) is 8.22. The maximum Gasteiger partial charge on any atom is 0.223 e. The Morgan fingerprint density at radius 1 is 1.12 bits per heavy atom. The van der Waals surface area contributed by atoms with E-state index < -0.39 is 0 Å². The van der Waals surface area contributed by atoms with Crippen LogP contribution in [0, 0.1) is 11.3 Å². The van der Waals surface area contributed by atoms with E-state index in [2.05, 4.69) is 21.2 Å². The van der Waals surface area contributed by atoms with Crippen molar-refractivity contribution in [2.75, 3.05) is 11.9 Å². The Kier molecular flexibility index (Phi) is 4.89. The minimum absolute atomic E-state index is 0.311. The van der Waals surface area contributed by atoms with E-state index in [-0.39, 0.29) is 0 Å². The third-order valence-corrected chi connectivity index (χ3v) is 5.75. The SMILES string of the molecule is O=C(NCC1(CBr)CCCCC1)C1CCCC1. The van der Waals surface area contributed by atoms with Crippen molar-refractivity contribution in [3.8, 4) is 0 Å². The molecule has 0 aromatic rings. The van der Waals surface area contributed by atoms with Gasteiger partial charge in [-0.2, -0.15) is 0 Å². The van der Waals surface area contributed by atoms with Gasteiger partial charge in [-0.3, -0.25) is 4.79 Å². The monoisotopic (exact) mass is 301 g/mol. The first kappa shape index (κ1) is 13.4. The fourth-order valence-electron chi connectivity index (χ4n) is 3.27. The van der Waals surface area contributed by atoms with Crippen molar-refractivity contribution in [3.63, 3.8) is 0 Å². The maximum atomic E-state index is 12.0. The van der Waals surface area contributed by atoms with Crippen molar-refractivity contribution >= 4 is 21.8 Å². The highest BCUT2D eigenvalue weighted by molar-refractivity contribution is 9.09. The predicted octanol–water partition coefficient (Wildman–Crippen LogP) is 3.64. The van der Waals surface area contributed by atoms with Crippen LogP contribution in [0.1, 0.15) is 57.8 Å². The standard InChI is InChI=1S/C14H24BrNO/c15-10-14(8-4-1-5-9-14)11-16-13(17)12-6-2-3-7-12/h12H,1-11H2,(H,16,17). The summed E-state index contributed by atoms with van der Waals surface area (Å²) in [5.74, 6) is 0.624. The van der Waals surface area contributed by atoms with E-state index in [0.29, 0.717) is 17.2 Å². The molecule has 0 heterocycles. The van der Waals surface area contributed by atoms with Gasteiger partial charge in [0.25, 0.3) is 0 Å². The third kappa shape index (κ3) is 3.46. The summed E-state index contributed by atoms with van der Waals surface area (Å²) in [7, 11) is 0. The lowest BCUT2D eigenvalue weighted by atomic mass is 9.75. The van der Waals surface area contributed by atoms with Crippen molar-refractivity contribution in [3.05, 3.63) is 0 Å². The smallest absolute Gasteiger partial charge is 0.223 e. The van der Waals surface area contributed by atoms with Gasteiger partial charge in [0, 0.05) is 17.8 Å². The summed E-state index contributed by atoms with van der Waals surface area (Å²) in [4.78, 5) is 12.0. The number of alkyl halides is 1. The molecule has 0 saturated heterocycles. The lowest BCUT2D eigenvalue weighted by molar-refractivity contribution is -0.125. The molecular formula is C14H24BrNO. The van der Waals surface area contributed by atoms with Gasteiger partial charge in [0.2, 0.25) is 5.91 Å². The summed E-state index contributed by atoms with van der Waals surface area (Å²) >= 11 is 3.65. The zero-order valence-corrected chi connectivity index (χ0v) is 12.2. The van der Waals surface area contributed by atoms with Crippen LogP contribution in [0.2, 0.25) is 0 Å². The Morgan fingerprint density at radius 2 is 1.76 bits per heavy atom. The van der Waals surface area contributed by atoms with Crippen LogP contribution < -0.4 is 5.32 Å². The highest BCUT2D eigenvalue weighted by Crippen LogP contribution is 2.37. The molecule has 2 aliphatic carbocycles. The van der Waals surface area contributed by atoms with Crippen molar-refractivity contribution in [2.24, 2.45) is 11.3 Å². The number of nitrogens with one attached hydrogen (secondary N) is 1. The summed E-state index contributed by atoms with van der Waals surface area (Å²) in [5, 5.41) is 4.25. The summed E-state index contributed by atoms with van der Waals surface area (Å²) in [6, 6.07) is 0. The van der Waals surface area contributed by atoms with Gasteiger partial charge in [-0.05, 0) is 31.1 Å². The molecule has 2 aliphatic rings. The summed E-state index contributed by atoms with van der Waals surface area (Å²) < 4.78 is 0. The number of hydrogen-bond acceptors (Lipinski definition) is 1. The quantitative estimate of drug-likeness (QED) is 0.789. The molecule has 0 bridgehead atoms. The molecule has 0 spiro atoms. The van der Waals surface area contributed by atoms with Crippen LogP contribution in [0.3, 0.4) is 0 Å². The Morgan fingerprint density at radius 3 is 2.35 bits per heavy atom. The number of halogens is 1. The zero-order valence-electron chi connectivity index (χ0n) is 10.6. The lowest BCUT2D eigenvalue weighted by Gasteiger charge is -2.36. The number of carbonyl (C=O) groups is 1. The molecular weight excluding hydrogens is 278 g/mol. The first-order chi connectivity index (χ1) is 8.26. The largest absolute Gasteiger partial charge is 0.355 e. The van der Waals surface area contributed by atoms with Gasteiger partial charge in [-0.25, -0.2) is 0 Å². The van der Waals surface area contributed by atoms with E-state index in [0.717, 1.165) is 24.7 Å². The van der Waals surface area contributed by atoms with Crippen molar-refractivity contribution in [2.45, 2.75) is 57.8 Å². The minimum Gasteiger partial charge on any atom is -0.355 e. The number of hydrogen-bond donors (Lipinski definition) is 1. The van der Waals surface area contributed by atoms with Gasteiger partial charge in [0.1, 0.15) is 0 Å². The average Bonchev–Trinajstić information content (AvgIpc) is 2.91. The van der Waals surface area contributed by atoms with E-state index in [9.17, 15) is 4.79 Å². The van der Waals surface area contributed by atoms with Gasteiger partial charge < -0.3 is 5.32 Å². The molecule has 2 saturated carbocycles. The van der Waals surface area contributed by atoms with Crippen LogP contribution >= 0.6 is 15.9 Å². The van der Waals surface area contributed by atoms with E-state index in [1.54, 1.807) is 0 Å². The number of carbonyl (C=O) groups excluding carboxylic acids is 1. The normalized spacial score (nSPS) is 24.8. The van der Waals surface area contributed by atoms with E-state index in [4.69, 9.17) is 0 Å². The molecule has 1 N–H and O–H groups in total. The summed E-state index contributed by atoms with van der Waals surface area (Å²) in [6.45, 7) is 0.883.